The molecule has 1 aliphatic carbocycles. The van der Waals surface area contributed by atoms with E-state index in [1.807, 2.05) is 0 Å². The SMILES string of the molecule is C[Si](C)(C)CCOC(=O)C1(N)CCCCC1. The Kier molecular flexibility index (Phi) is 4.56. The molecule has 0 unspecified atom stereocenters. The second kappa shape index (κ2) is 5.32. The lowest BCUT2D eigenvalue weighted by atomic mass is 9.83. The van der Waals surface area contributed by atoms with E-state index >= 15 is 0 Å². The van der Waals surface area contributed by atoms with Crippen molar-refractivity contribution in [3.05, 3.63) is 0 Å². The number of hydrogen-bond donors (Lipinski definition) is 1. The average molecular weight is 243 g/mol. The van der Waals surface area contributed by atoms with E-state index < -0.39 is 13.6 Å². The monoisotopic (exact) mass is 243 g/mol. The molecule has 0 amide bonds. The van der Waals surface area contributed by atoms with Crippen LogP contribution in [0.15, 0.2) is 0 Å². The molecule has 0 aromatic heterocycles. The predicted octanol–water partition coefficient (Wildman–Crippen LogP) is 2.53. The van der Waals surface area contributed by atoms with E-state index in [9.17, 15) is 4.79 Å². The summed E-state index contributed by atoms with van der Waals surface area (Å²) in [6.45, 7) is 7.38. The van der Waals surface area contributed by atoms with Gasteiger partial charge in [0.1, 0.15) is 5.54 Å². The Balaban J connectivity index is 2.34. The molecule has 0 heterocycles. The first kappa shape index (κ1) is 13.7. The Morgan fingerprint density at radius 3 is 2.31 bits per heavy atom. The highest BCUT2D eigenvalue weighted by Crippen LogP contribution is 2.27. The van der Waals surface area contributed by atoms with Crippen molar-refractivity contribution in [3.63, 3.8) is 0 Å². The molecule has 2 N–H and O–H groups in total. The summed E-state index contributed by atoms with van der Waals surface area (Å²) >= 11 is 0. The fraction of sp³-hybridized carbons (Fsp3) is 0.917. The maximum absolute atomic E-state index is 11.9. The molecule has 0 aliphatic heterocycles. The molecule has 1 saturated carbocycles. The van der Waals surface area contributed by atoms with Gasteiger partial charge < -0.3 is 10.5 Å². The molecule has 3 nitrogen and oxygen atoms in total. The highest BCUT2D eigenvalue weighted by molar-refractivity contribution is 6.76. The van der Waals surface area contributed by atoms with E-state index in [2.05, 4.69) is 19.6 Å². The van der Waals surface area contributed by atoms with Gasteiger partial charge in [-0.25, -0.2) is 0 Å². The van der Waals surface area contributed by atoms with Gasteiger partial charge in [0.15, 0.2) is 0 Å². The van der Waals surface area contributed by atoms with E-state index in [4.69, 9.17) is 10.5 Å². The normalized spacial score (nSPS) is 20.5. The van der Waals surface area contributed by atoms with Crippen LogP contribution in [0.2, 0.25) is 25.7 Å². The molecule has 0 radical (unpaired) electrons. The van der Waals surface area contributed by atoms with Crippen molar-refractivity contribution in [1.82, 2.24) is 0 Å². The first-order valence-corrected chi connectivity index (χ1v) is 10.0. The third-order valence-electron chi connectivity index (χ3n) is 3.24. The van der Waals surface area contributed by atoms with Crippen molar-refractivity contribution in [2.75, 3.05) is 6.61 Å². The molecule has 94 valence electrons. The van der Waals surface area contributed by atoms with Gasteiger partial charge in [0.2, 0.25) is 0 Å². The zero-order valence-corrected chi connectivity index (χ0v) is 11.8. The van der Waals surface area contributed by atoms with Crippen molar-refractivity contribution >= 4 is 14.0 Å². The smallest absolute Gasteiger partial charge is 0.326 e. The lowest BCUT2D eigenvalue weighted by Crippen LogP contribution is -2.50. The molecule has 0 aromatic carbocycles. The summed E-state index contributed by atoms with van der Waals surface area (Å²) in [4.78, 5) is 11.9. The Bertz CT molecular complexity index is 242. The maximum atomic E-state index is 11.9. The van der Waals surface area contributed by atoms with E-state index in [0.717, 1.165) is 31.7 Å². The third kappa shape index (κ3) is 4.26. The van der Waals surface area contributed by atoms with Crippen LogP contribution in [-0.4, -0.2) is 26.2 Å². The van der Waals surface area contributed by atoms with Gasteiger partial charge >= 0.3 is 5.97 Å². The minimum atomic E-state index is -1.12. The van der Waals surface area contributed by atoms with Gasteiger partial charge in [-0.05, 0) is 18.9 Å². The topological polar surface area (TPSA) is 52.3 Å². The number of rotatable bonds is 4. The first-order chi connectivity index (χ1) is 7.33. The zero-order valence-electron chi connectivity index (χ0n) is 10.8. The van der Waals surface area contributed by atoms with Crippen LogP contribution in [0.4, 0.5) is 0 Å². The van der Waals surface area contributed by atoms with Gasteiger partial charge in [0, 0.05) is 8.07 Å². The zero-order chi connectivity index (χ0) is 12.2. The van der Waals surface area contributed by atoms with Crippen molar-refractivity contribution < 1.29 is 9.53 Å². The summed E-state index contributed by atoms with van der Waals surface area (Å²) < 4.78 is 5.33. The van der Waals surface area contributed by atoms with Crippen molar-refractivity contribution in [1.29, 1.82) is 0 Å². The van der Waals surface area contributed by atoms with Gasteiger partial charge in [-0.3, -0.25) is 4.79 Å². The lowest BCUT2D eigenvalue weighted by molar-refractivity contribution is -0.151. The van der Waals surface area contributed by atoms with Gasteiger partial charge in [-0.2, -0.15) is 0 Å². The molecule has 0 bridgehead atoms. The summed E-state index contributed by atoms with van der Waals surface area (Å²) in [7, 11) is -1.12. The Morgan fingerprint density at radius 2 is 1.81 bits per heavy atom. The molecule has 1 rings (SSSR count). The molecule has 0 saturated heterocycles. The predicted molar refractivity (Wildman–Crippen MR) is 69.1 cm³/mol. The molecule has 0 atom stereocenters. The van der Waals surface area contributed by atoms with Crippen molar-refractivity contribution in [3.8, 4) is 0 Å². The van der Waals surface area contributed by atoms with Crippen LogP contribution in [0, 0.1) is 0 Å². The lowest BCUT2D eigenvalue weighted by Gasteiger charge is -2.31. The van der Waals surface area contributed by atoms with Crippen LogP contribution in [0.3, 0.4) is 0 Å². The molecule has 16 heavy (non-hydrogen) atoms. The van der Waals surface area contributed by atoms with Crippen LogP contribution in [-0.2, 0) is 9.53 Å². The Morgan fingerprint density at radius 1 is 1.25 bits per heavy atom. The summed E-state index contributed by atoms with van der Waals surface area (Å²) in [5.74, 6) is -0.176. The third-order valence-corrected chi connectivity index (χ3v) is 4.94. The highest BCUT2D eigenvalue weighted by Gasteiger charge is 2.36. The second-order valence-corrected chi connectivity index (χ2v) is 11.8. The van der Waals surface area contributed by atoms with Crippen LogP contribution in [0.5, 0.6) is 0 Å². The van der Waals surface area contributed by atoms with Gasteiger partial charge in [-0.1, -0.05) is 38.9 Å². The van der Waals surface area contributed by atoms with Gasteiger partial charge in [0.05, 0.1) is 6.61 Å². The minimum Gasteiger partial charge on any atom is -0.465 e. The van der Waals surface area contributed by atoms with E-state index in [1.165, 1.54) is 6.42 Å². The number of hydrogen-bond acceptors (Lipinski definition) is 3. The molecule has 1 aliphatic rings. The Hall–Kier alpha value is -0.353. The molecule has 1 fully saturated rings. The van der Waals surface area contributed by atoms with Crippen LogP contribution in [0.25, 0.3) is 0 Å². The maximum Gasteiger partial charge on any atom is 0.326 e. The van der Waals surface area contributed by atoms with E-state index in [0.29, 0.717) is 6.61 Å². The number of carbonyl (C=O) groups is 1. The minimum absolute atomic E-state index is 0.176. The summed E-state index contributed by atoms with van der Waals surface area (Å²) in [5, 5.41) is 0. The van der Waals surface area contributed by atoms with Crippen molar-refractivity contribution in [2.24, 2.45) is 5.73 Å². The number of esters is 1. The molecule has 0 aromatic rings. The molecule has 4 heteroatoms. The fourth-order valence-corrected chi connectivity index (χ4v) is 2.69. The van der Waals surface area contributed by atoms with Crippen LogP contribution >= 0.6 is 0 Å². The van der Waals surface area contributed by atoms with Crippen LogP contribution < -0.4 is 5.73 Å². The summed E-state index contributed by atoms with van der Waals surface area (Å²) in [5.41, 5.74) is 5.41. The number of carbonyl (C=O) groups excluding carboxylic acids is 1. The van der Waals surface area contributed by atoms with Crippen molar-refractivity contribution in [2.45, 2.75) is 63.3 Å². The molecular weight excluding hydrogens is 218 g/mol. The molecular formula is C12H25NO2Si. The standard InChI is InChI=1S/C12H25NO2Si/c1-16(2,3)10-9-15-11(14)12(13)7-5-4-6-8-12/h4-10,13H2,1-3H3. The van der Waals surface area contributed by atoms with E-state index in [-0.39, 0.29) is 5.97 Å². The number of ether oxygens (including phenoxy) is 1. The summed E-state index contributed by atoms with van der Waals surface area (Å²) in [6, 6.07) is 1.02. The van der Waals surface area contributed by atoms with Gasteiger partial charge in [0.25, 0.3) is 0 Å². The molecule has 0 spiro atoms. The first-order valence-electron chi connectivity index (χ1n) is 6.30. The number of nitrogens with two attached hydrogens (primary N) is 1. The van der Waals surface area contributed by atoms with Gasteiger partial charge in [-0.15, -0.1) is 0 Å². The summed E-state index contributed by atoms with van der Waals surface area (Å²) in [6.07, 6.45) is 4.89. The highest BCUT2D eigenvalue weighted by atomic mass is 28.3. The Labute approximate surface area is 99.7 Å². The fourth-order valence-electron chi connectivity index (χ4n) is 1.98. The van der Waals surface area contributed by atoms with Crippen LogP contribution in [0.1, 0.15) is 32.1 Å². The quantitative estimate of drug-likeness (QED) is 0.610. The average Bonchev–Trinajstić information content (AvgIpc) is 2.16. The largest absolute Gasteiger partial charge is 0.465 e. The second-order valence-electron chi connectivity index (χ2n) is 6.16. The van der Waals surface area contributed by atoms with E-state index in [1.54, 1.807) is 0 Å².